The van der Waals surface area contributed by atoms with Crippen LogP contribution >= 0.6 is 0 Å². The van der Waals surface area contributed by atoms with E-state index in [1.165, 1.54) is 6.07 Å². The van der Waals surface area contributed by atoms with Gasteiger partial charge < -0.3 is 10.6 Å². The molecule has 0 spiro atoms. The molecule has 1 unspecified atom stereocenters. The van der Waals surface area contributed by atoms with Crippen LogP contribution in [0.1, 0.15) is 26.3 Å². The monoisotopic (exact) mass is 225 g/mol. The maximum Gasteiger partial charge on any atom is 0.266 e. The van der Waals surface area contributed by atoms with E-state index < -0.39 is 0 Å². The minimum atomic E-state index is -0.108. The highest BCUT2D eigenvalue weighted by molar-refractivity contribution is 5.27. The summed E-state index contributed by atoms with van der Waals surface area (Å²) < 4.78 is 1.84. The van der Waals surface area contributed by atoms with Crippen molar-refractivity contribution in [3.63, 3.8) is 0 Å². The van der Waals surface area contributed by atoms with Crippen molar-refractivity contribution in [3.05, 3.63) is 16.4 Å². The van der Waals surface area contributed by atoms with E-state index in [1.54, 1.807) is 4.90 Å². The van der Waals surface area contributed by atoms with Crippen molar-refractivity contribution < 1.29 is 4.90 Å². The number of nitrogens with two attached hydrogens (primary N) is 1. The Morgan fingerprint density at radius 1 is 1.56 bits per heavy atom. The molecule has 0 bridgehead atoms. The van der Waals surface area contributed by atoms with Gasteiger partial charge in [0.25, 0.3) is 5.56 Å². The zero-order valence-corrected chi connectivity index (χ0v) is 10.2. The quantitative estimate of drug-likeness (QED) is 0.588. The third-order valence-corrected chi connectivity index (χ3v) is 3.86. The van der Waals surface area contributed by atoms with Crippen molar-refractivity contribution in [3.8, 4) is 0 Å². The summed E-state index contributed by atoms with van der Waals surface area (Å²) >= 11 is 0. The van der Waals surface area contributed by atoms with Crippen molar-refractivity contribution >= 4 is 5.82 Å². The maximum absolute atomic E-state index is 11.2. The van der Waals surface area contributed by atoms with Gasteiger partial charge in [0.2, 0.25) is 0 Å². The van der Waals surface area contributed by atoms with Crippen molar-refractivity contribution in [2.75, 3.05) is 19.3 Å². The van der Waals surface area contributed by atoms with Crippen LogP contribution in [0, 0.1) is 5.92 Å². The second kappa shape index (κ2) is 3.97. The van der Waals surface area contributed by atoms with Crippen LogP contribution in [0.15, 0.2) is 10.9 Å². The highest BCUT2D eigenvalue weighted by Gasteiger charge is 2.34. The molecule has 90 valence electrons. The predicted molar refractivity (Wildman–Crippen MR) is 63.5 cm³/mol. The fourth-order valence-corrected chi connectivity index (χ4v) is 2.69. The Morgan fingerprint density at radius 3 is 2.81 bits per heavy atom. The smallest absolute Gasteiger partial charge is 0.266 e. The molecule has 4 N–H and O–H groups in total. The van der Waals surface area contributed by atoms with Gasteiger partial charge in [-0.3, -0.25) is 14.6 Å². The third kappa shape index (κ3) is 1.87. The molecular formula is C11H21N4O+. The minimum absolute atomic E-state index is 0.108. The third-order valence-electron chi connectivity index (χ3n) is 3.86. The van der Waals surface area contributed by atoms with Crippen LogP contribution in [0.4, 0.5) is 5.82 Å². The molecule has 1 aliphatic rings. The Labute approximate surface area is 95.2 Å². The number of nitrogen functional groups attached to an aromatic ring is 1. The van der Waals surface area contributed by atoms with Crippen LogP contribution in [0.25, 0.3) is 0 Å². The lowest BCUT2D eigenvalue weighted by atomic mass is 9.90. The Kier molecular flexibility index (Phi) is 2.80. The van der Waals surface area contributed by atoms with Crippen molar-refractivity contribution in [2.24, 2.45) is 5.92 Å². The van der Waals surface area contributed by atoms with E-state index >= 15 is 0 Å². The number of anilines is 1. The first-order chi connectivity index (χ1) is 7.49. The Bertz CT molecular complexity index is 422. The molecule has 0 amide bonds. The molecule has 5 heteroatoms. The van der Waals surface area contributed by atoms with Crippen LogP contribution < -0.4 is 16.2 Å². The molecule has 5 nitrogen and oxygen atoms in total. The molecule has 1 aliphatic heterocycles. The number of nitrogens with one attached hydrogen (secondary N) is 2. The van der Waals surface area contributed by atoms with Crippen LogP contribution in [-0.4, -0.2) is 29.4 Å². The number of likely N-dealkylation sites (tertiary alicyclic amines) is 1. The number of hydrogen-bond donors (Lipinski definition) is 3. The standard InChI is InChI=1S/C11H20N4O/c1-7-6-14(3)8(2)4-9(7)15-10(12)5-11(16)13-15/h5,7-9H,4,6,12H2,1-3H3,(H,13,16)/p+1/t7-,8+,9+/m1/s1. The number of nitrogens with zero attached hydrogens (tertiary/aromatic N) is 1. The molecule has 0 aliphatic carbocycles. The summed E-state index contributed by atoms with van der Waals surface area (Å²) in [5.41, 5.74) is 5.73. The second-order valence-electron chi connectivity index (χ2n) is 5.15. The lowest BCUT2D eigenvalue weighted by Crippen LogP contribution is -3.14. The largest absolute Gasteiger partial charge is 0.384 e. The van der Waals surface area contributed by atoms with E-state index in [-0.39, 0.29) is 5.56 Å². The first-order valence-corrected chi connectivity index (χ1v) is 5.88. The molecule has 1 aromatic rings. The van der Waals surface area contributed by atoms with Gasteiger partial charge in [-0.05, 0) is 6.92 Å². The Morgan fingerprint density at radius 2 is 2.25 bits per heavy atom. The first-order valence-electron chi connectivity index (χ1n) is 5.88. The van der Waals surface area contributed by atoms with E-state index in [0.717, 1.165) is 13.0 Å². The summed E-state index contributed by atoms with van der Waals surface area (Å²) in [6.45, 7) is 5.58. The van der Waals surface area contributed by atoms with Crippen LogP contribution in [0.2, 0.25) is 0 Å². The van der Waals surface area contributed by atoms with Gasteiger partial charge in [0.1, 0.15) is 5.82 Å². The van der Waals surface area contributed by atoms with Crippen LogP contribution in [0.3, 0.4) is 0 Å². The second-order valence-corrected chi connectivity index (χ2v) is 5.15. The predicted octanol–water partition coefficient (Wildman–Crippen LogP) is -0.757. The first kappa shape index (κ1) is 11.3. The summed E-state index contributed by atoms with van der Waals surface area (Å²) in [5.74, 6) is 1.08. The molecule has 1 aromatic heterocycles. The summed E-state index contributed by atoms with van der Waals surface area (Å²) in [6.07, 6.45) is 1.06. The van der Waals surface area contributed by atoms with Gasteiger partial charge in [-0.2, -0.15) is 0 Å². The van der Waals surface area contributed by atoms with Gasteiger partial charge in [-0.15, -0.1) is 0 Å². The number of hydrogen-bond acceptors (Lipinski definition) is 2. The van der Waals surface area contributed by atoms with Crippen LogP contribution in [0.5, 0.6) is 0 Å². The number of aromatic amines is 1. The molecule has 1 saturated heterocycles. The maximum atomic E-state index is 11.2. The number of quaternary nitrogens is 1. The van der Waals surface area contributed by atoms with Crippen molar-refractivity contribution in [2.45, 2.75) is 32.4 Å². The van der Waals surface area contributed by atoms with Crippen LogP contribution in [-0.2, 0) is 0 Å². The van der Waals surface area contributed by atoms with Gasteiger partial charge in [0.15, 0.2) is 0 Å². The van der Waals surface area contributed by atoms with Gasteiger partial charge >= 0.3 is 0 Å². The summed E-state index contributed by atoms with van der Waals surface area (Å²) in [5, 5.41) is 2.81. The normalized spacial score (nSPS) is 35.2. The average molecular weight is 225 g/mol. The molecule has 2 heterocycles. The summed E-state index contributed by atoms with van der Waals surface area (Å²) in [7, 11) is 2.22. The van der Waals surface area contributed by atoms with E-state index in [9.17, 15) is 4.79 Å². The molecule has 1 fully saturated rings. The summed E-state index contributed by atoms with van der Waals surface area (Å²) in [4.78, 5) is 12.8. The van der Waals surface area contributed by atoms with Gasteiger partial charge in [0, 0.05) is 18.4 Å². The van der Waals surface area contributed by atoms with E-state index in [0.29, 0.717) is 23.8 Å². The van der Waals surface area contributed by atoms with E-state index in [2.05, 4.69) is 26.0 Å². The lowest BCUT2D eigenvalue weighted by molar-refractivity contribution is -0.914. The Hall–Kier alpha value is -1.23. The molecule has 4 atom stereocenters. The topological polar surface area (TPSA) is 68.2 Å². The summed E-state index contributed by atoms with van der Waals surface area (Å²) in [6, 6.07) is 2.38. The molecular weight excluding hydrogens is 204 g/mol. The lowest BCUT2D eigenvalue weighted by Gasteiger charge is -2.37. The molecule has 16 heavy (non-hydrogen) atoms. The van der Waals surface area contributed by atoms with Crippen molar-refractivity contribution in [1.82, 2.24) is 9.78 Å². The van der Waals surface area contributed by atoms with E-state index in [4.69, 9.17) is 5.73 Å². The van der Waals surface area contributed by atoms with Gasteiger partial charge in [-0.1, -0.05) is 6.92 Å². The number of aromatic nitrogens is 2. The van der Waals surface area contributed by atoms with E-state index in [1.807, 2.05) is 4.68 Å². The molecule has 0 saturated carbocycles. The fourth-order valence-electron chi connectivity index (χ4n) is 2.69. The molecule has 0 aromatic carbocycles. The zero-order valence-electron chi connectivity index (χ0n) is 10.2. The molecule has 0 radical (unpaired) electrons. The fraction of sp³-hybridized carbons (Fsp3) is 0.727. The molecule has 2 rings (SSSR count). The van der Waals surface area contributed by atoms with Crippen molar-refractivity contribution in [1.29, 1.82) is 0 Å². The number of piperidine rings is 1. The van der Waals surface area contributed by atoms with Gasteiger partial charge in [0.05, 0.1) is 25.7 Å². The number of rotatable bonds is 1. The Balaban J connectivity index is 2.27. The average Bonchev–Trinajstić information content (AvgIpc) is 2.51. The number of H-pyrrole nitrogens is 1. The minimum Gasteiger partial charge on any atom is -0.384 e. The zero-order chi connectivity index (χ0) is 11.9. The van der Waals surface area contributed by atoms with Gasteiger partial charge in [-0.25, -0.2) is 0 Å². The highest BCUT2D eigenvalue weighted by Crippen LogP contribution is 2.25. The highest BCUT2D eigenvalue weighted by atomic mass is 16.1. The SMILES string of the molecule is C[C@@H]1C[NH+](C)[C@@H](C)C[C@@H]1n1[nH]c(=O)cc1N.